The number of hydrogen-bond donors (Lipinski definition) is 1. The molecule has 0 bridgehead atoms. The van der Waals surface area contributed by atoms with E-state index < -0.39 is 0 Å². The number of rotatable bonds is 9. The Morgan fingerprint density at radius 2 is 1.71 bits per heavy atom. The number of benzene rings is 3. The number of anilines is 1. The van der Waals surface area contributed by atoms with Crippen LogP contribution in [0.2, 0.25) is 5.02 Å². The molecule has 0 saturated heterocycles. The molecule has 0 aliphatic heterocycles. The van der Waals surface area contributed by atoms with Crippen LogP contribution in [-0.2, 0) is 13.2 Å². The van der Waals surface area contributed by atoms with Gasteiger partial charge in [-0.15, -0.1) is 0 Å². The molecule has 0 aliphatic carbocycles. The minimum absolute atomic E-state index is 0.250. The number of ether oxygens (including phenoxy) is 2. The normalized spacial score (nSPS) is 10.7. The summed E-state index contributed by atoms with van der Waals surface area (Å²) in [5.41, 5.74) is 2.46. The first-order chi connectivity index (χ1) is 16.5. The van der Waals surface area contributed by atoms with Crippen molar-refractivity contribution in [3.05, 3.63) is 105 Å². The van der Waals surface area contributed by atoms with Crippen molar-refractivity contribution in [2.24, 2.45) is 0 Å². The predicted octanol–water partition coefficient (Wildman–Crippen LogP) is 6.58. The molecule has 0 spiro atoms. The average Bonchev–Trinajstić information content (AvgIpc) is 3.18. The standard InChI is InChI=1S/C26H23BrClN3O3/c1-2-33-22-10-12-23(13-11-22)34-17-19-4-3-5-20(14-19)26(32)29-25-24(27)16-31(30-25)15-18-6-8-21(28)9-7-18/h3-14,16H,2,15,17H2,1H3,(H,29,30,32). The summed E-state index contributed by atoms with van der Waals surface area (Å²) in [5, 5.41) is 8.03. The number of carbonyl (C=O) groups excluding carboxylic acids is 1. The molecule has 0 aliphatic rings. The SMILES string of the molecule is CCOc1ccc(OCc2cccc(C(=O)Nc3nn(Cc4ccc(Cl)cc4)cc3Br)c2)cc1. The van der Waals surface area contributed by atoms with Crippen molar-refractivity contribution in [2.75, 3.05) is 11.9 Å². The van der Waals surface area contributed by atoms with Gasteiger partial charge in [-0.05, 0) is 82.5 Å². The van der Waals surface area contributed by atoms with Gasteiger partial charge in [0.2, 0.25) is 0 Å². The maximum Gasteiger partial charge on any atom is 0.256 e. The molecule has 0 atom stereocenters. The molecule has 4 aromatic rings. The van der Waals surface area contributed by atoms with E-state index in [0.717, 1.165) is 22.6 Å². The van der Waals surface area contributed by atoms with Crippen molar-refractivity contribution in [2.45, 2.75) is 20.1 Å². The van der Waals surface area contributed by atoms with E-state index in [1.807, 2.05) is 79.9 Å². The molecule has 1 aromatic heterocycles. The summed E-state index contributed by atoms with van der Waals surface area (Å²) in [4.78, 5) is 12.8. The molecule has 6 nitrogen and oxygen atoms in total. The zero-order valence-corrected chi connectivity index (χ0v) is 20.8. The van der Waals surface area contributed by atoms with E-state index in [9.17, 15) is 4.79 Å². The number of nitrogens with one attached hydrogen (secondary N) is 1. The third-order valence-electron chi connectivity index (χ3n) is 4.94. The number of amides is 1. The molecule has 8 heteroatoms. The lowest BCUT2D eigenvalue weighted by Crippen LogP contribution is -2.13. The minimum Gasteiger partial charge on any atom is -0.494 e. The summed E-state index contributed by atoms with van der Waals surface area (Å²) in [6.07, 6.45) is 1.82. The summed E-state index contributed by atoms with van der Waals surface area (Å²) in [6, 6.07) is 22.3. The molecule has 34 heavy (non-hydrogen) atoms. The Balaban J connectivity index is 1.37. The Bertz CT molecular complexity index is 1260. The van der Waals surface area contributed by atoms with Gasteiger partial charge in [0.15, 0.2) is 5.82 Å². The monoisotopic (exact) mass is 539 g/mol. The summed E-state index contributed by atoms with van der Waals surface area (Å²) in [7, 11) is 0. The van der Waals surface area contributed by atoms with Gasteiger partial charge in [-0.1, -0.05) is 35.9 Å². The molecule has 1 amide bonds. The van der Waals surface area contributed by atoms with E-state index in [1.165, 1.54) is 0 Å². The Morgan fingerprint density at radius 3 is 2.41 bits per heavy atom. The van der Waals surface area contributed by atoms with Crippen LogP contribution in [0.15, 0.2) is 83.5 Å². The summed E-state index contributed by atoms with van der Waals surface area (Å²) in [6.45, 7) is 3.46. The van der Waals surface area contributed by atoms with Crippen LogP contribution in [0.5, 0.6) is 11.5 Å². The van der Waals surface area contributed by atoms with E-state index >= 15 is 0 Å². The van der Waals surface area contributed by atoms with E-state index in [1.54, 1.807) is 10.7 Å². The van der Waals surface area contributed by atoms with Crippen LogP contribution in [0.1, 0.15) is 28.4 Å². The Hall–Kier alpha value is -3.29. The highest BCUT2D eigenvalue weighted by Gasteiger charge is 2.13. The predicted molar refractivity (Wildman–Crippen MR) is 137 cm³/mol. The van der Waals surface area contributed by atoms with Crippen LogP contribution < -0.4 is 14.8 Å². The first-order valence-corrected chi connectivity index (χ1v) is 11.9. The Labute approximate surface area is 211 Å². The Morgan fingerprint density at radius 1 is 1.00 bits per heavy atom. The first-order valence-electron chi connectivity index (χ1n) is 10.7. The second kappa shape index (κ2) is 11.2. The van der Waals surface area contributed by atoms with Crippen molar-refractivity contribution < 1.29 is 14.3 Å². The molecule has 0 saturated carbocycles. The maximum absolute atomic E-state index is 12.8. The van der Waals surface area contributed by atoms with Crippen LogP contribution in [-0.4, -0.2) is 22.3 Å². The second-order valence-corrected chi connectivity index (χ2v) is 8.79. The fraction of sp³-hybridized carbons (Fsp3) is 0.154. The minimum atomic E-state index is -0.250. The lowest BCUT2D eigenvalue weighted by atomic mass is 10.1. The molecule has 3 aromatic carbocycles. The molecular weight excluding hydrogens is 518 g/mol. The summed E-state index contributed by atoms with van der Waals surface area (Å²) >= 11 is 9.42. The van der Waals surface area contributed by atoms with Crippen LogP contribution in [0.4, 0.5) is 5.82 Å². The van der Waals surface area contributed by atoms with Gasteiger partial charge >= 0.3 is 0 Å². The number of carbonyl (C=O) groups is 1. The number of aromatic nitrogens is 2. The zero-order valence-electron chi connectivity index (χ0n) is 18.5. The lowest BCUT2D eigenvalue weighted by Gasteiger charge is -2.09. The zero-order chi connectivity index (χ0) is 23.9. The summed E-state index contributed by atoms with van der Waals surface area (Å²) in [5.74, 6) is 1.74. The van der Waals surface area contributed by atoms with Crippen molar-refractivity contribution in [1.82, 2.24) is 9.78 Å². The molecule has 1 heterocycles. The Kier molecular flexibility index (Phi) is 7.87. The quantitative estimate of drug-likeness (QED) is 0.260. The van der Waals surface area contributed by atoms with Gasteiger partial charge in [-0.25, -0.2) is 0 Å². The highest BCUT2D eigenvalue weighted by atomic mass is 79.9. The highest BCUT2D eigenvalue weighted by Crippen LogP contribution is 2.23. The smallest absolute Gasteiger partial charge is 0.256 e. The fourth-order valence-electron chi connectivity index (χ4n) is 3.29. The van der Waals surface area contributed by atoms with Gasteiger partial charge in [0.1, 0.15) is 18.1 Å². The van der Waals surface area contributed by atoms with Crippen molar-refractivity contribution in [3.8, 4) is 11.5 Å². The first kappa shape index (κ1) is 23.9. The van der Waals surface area contributed by atoms with E-state index in [4.69, 9.17) is 21.1 Å². The van der Waals surface area contributed by atoms with Crippen molar-refractivity contribution in [1.29, 1.82) is 0 Å². The van der Waals surface area contributed by atoms with Crippen LogP contribution in [0.3, 0.4) is 0 Å². The van der Waals surface area contributed by atoms with E-state index in [-0.39, 0.29) is 5.91 Å². The van der Waals surface area contributed by atoms with Gasteiger partial charge < -0.3 is 14.8 Å². The molecule has 0 fully saturated rings. The van der Waals surface area contributed by atoms with Gasteiger partial charge in [0, 0.05) is 16.8 Å². The van der Waals surface area contributed by atoms with Crippen molar-refractivity contribution >= 4 is 39.3 Å². The fourth-order valence-corrected chi connectivity index (χ4v) is 3.83. The van der Waals surface area contributed by atoms with Crippen LogP contribution in [0, 0.1) is 0 Å². The lowest BCUT2D eigenvalue weighted by molar-refractivity contribution is 0.102. The second-order valence-electron chi connectivity index (χ2n) is 7.50. The van der Waals surface area contributed by atoms with Crippen molar-refractivity contribution in [3.63, 3.8) is 0 Å². The van der Waals surface area contributed by atoms with Crippen LogP contribution >= 0.6 is 27.5 Å². The van der Waals surface area contributed by atoms with E-state index in [0.29, 0.717) is 40.6 Å². The van der Waals surface area contributed by atoms with Gasteiger partial charge in [-0.2, -0.15) is 5.10 Å². The van der Waals surface area contributed by atoms with Gasteiger partial charge in [-0.3, -0.25) is 9.48 Å². The third kappa shape index (κ3) is 6.40. The topological polar surface area (TPSA) is 65.4 Å². The number of nitrogens with zero attached hydrogens (tertiary/aromatic N) is 2. The average molecular weight is 541 g/mol. The molecular formula is C26H23BrClN3O3. The molecule has 0 unspecified atom stereocenters. The number of halogens is 2. The molecule has 1 N–H and O–H groups in total. The molecule has 4 rings (SSSR count). The summed E-state index contributed by atoms with van der Waals surface area (Å²) < 4.78 is 13.7. The molecule has 0 radical (unpaired) electrons. The van der Waals surface area contributed by atoms with E-state index in [2.05, 4.69) is 26.3 Å². The van der Waals surface area contributed by atoms with Crippen LogP contribution in [0.25, 0.3) is 0 Å². The largest absolute Gasteiger partial charge is 0.494 e. The molecule has 174 valence electrons. The van der Waals surface area contributed by atoms with Gasteiger partial charge in [0.25, 0.3) is 5.91 Å². The number of hydrogen-bond acceptors (Lipinski definition) is 4. The highest BCUT2D eigenvalue weighted by molar-refractivity contribution is 9.10. The maximum atomic E-state index is 12.8. The van der Waals surface area contributed by atoms with Gasteiger partial charge in [0.05, 0.1) is 17.6 Å². The third-order valence-corrected chi connectivity index (χ3v) is 5.77.